The van der Waals surface area contributed by atoms with Crippen molar-refractivity contribution in [3.63, 3.8) is 0 Å². The van der Waals surface area contributed by atoms with Crippen LogP contribution in [0.2, 0.25) is 0 Å². The molecule has 0 aromatic heterocycles. The number of hydrogen-bond donors (Lipinski definition) is 1. The Hall–Kier alpha value is -0.300. The van der Waals surface area contributed by atoms with E-state index in [1.807, 2.05) is 6.92 Å². The Kier molecular flexibility index (Phi) is 3.41. The van der Waals surface area contributed by atoms with Crippen molar-refractivity contribution in [1.29, 1.82) is 0 Å². The highest BCUT2D eigenvalue weighted by molar-refractivity contribution is 5.19. The van der Waals surface area contributed by atoms with Crippen LogP contribution in [0, 0.1) is 5.41 Å². The average Bonchev–Trinajstić information content (AvgIpc) is 2.29. The summed E-state index contributed by atoms with van der Waals surface area (Å²) in [7, 11) is 0. The van der Waals surface area contributed by atoms with Crippen LogP contribution in [0.25, 0.3) is 0 Å². The average molecular weight is 196 g/mol. The fraction of sp³-hybridized carbons (Fsp3) is 0.846. The molecule has 1 heteroatoms. The largest absolute Gasteiger partial charge is 0.385 e. The van der Waals surface area contributed by atoms with Crippen LogP contribution < -0.4 is 0 Å². The quantitative estimate of drug-likeness (QED) is 0.634. The summed E-state index contributed by atoms with van der Waals surface area (Å²) in [4.78, 5) is 0. The van der Waals surface area contributed by atoms with Gasteiger partial charge < -0.3 is 5.11 Å². The van der Waals surface area contributed by atoms with Gasteiger partial charge in [-0.1, -0.05) is 33.3 Å². The summed E-state index contributed by atoms with van der Waals surface area (Å²) in [6.45, 7) is 8.29. The van der Waals surface area contributed by atoms with Gasteiger partial charge in [0.15, 0.2) is 0 Å². The maximum Gasteiger partial charge on any atom is 0.0876 e. The Bertz CT molecular complexity index is 218. The number of aliphatic hydroxyl groups is 1. The molecule has 0 aliphatic heterocycles. The highest BCUT2D eigenvalue weighted by Crippen LogP contribution is 2.39. The van der Waals surface area contributed by atoms with Crippen LogP contribution in [0.5, 0.6) is 0 Å². The Morgan fingerprint density at radius 2 is 1.71 bits per heavy atom. The lowest BCUT2D eigenvalue weighted by Crippen LogP contribution is -2.41. The van der Waals surface area contributed by atoms with E-state index in [9.17, 15) is 5.11 Å². The molecule has 82 valence electrons. The summed E-state index contributed by atoms with van der Waals surface area (Å²) < 4.78 is 0. The summed E-state index contributed by atoms with van der Waals surface area (Å²) in [6, 6.07) is 0. The lowest BCUT2D eigenvalue weighted by Gasteiger charge is -2.39. The van der Waals surface area contributed by atoms with Crippen molar-refractivity contribution in [3.8, 4) is 0 Å². The summed E-state index contributed by atoms with van der Waals surface area (Å²) in [5, 5.41) is 10.5. The maximum atomic E-state index is 10.5. The van der Waals surface area contributed by atoms with Crippen LogP contribution in [0.3, 0.4) is 0 Å². The molecule has 0 spiro atoms. The van der Waals surface area contributed by atoms with E-state index in [0.717, 1.165) is 12.8 Å². The smallest absolute Gasteiger partial charge is 0.0876 e. The number of allylic oxidation sites excluding steroid dienone is 1. The van der Waals surface area contributed by atoms with E-state index >= 15 is 0 Å². The Balaban J connectivity index is 2.84. The molecule has 0 amide bonds. The Labute approximate surface area is 88.2 Å². The molecule has 1 N–H and O–H groups in total. The van der Waals surface area contributed by atoms with Crippen LogP contribution in [0.15, 0.2) is 11.6 Å². The van der Waals surface area contributed by atoms with Crippen molar-refractivity contribution in [2.45, 2.75) is 65.4 Å². The minimum atomic E-state index is -0.642. The van der Waals surface area contributed by atoms with Crippen LogP contribution in [-0.2, 0) is 0 Å². The highest BCUT2D eigenvalue weighted by atomic mass is 16.3. The normalized spacial score (nSPS) is 23.6. The van der Waals surface area contributed by atoms with Gasteiger partial charge in [0.05, 0.1) is 5.60 Å². The lowest BCUT2D eigenvalue weighted by molar-refractivity contribution is -0.0103. The molecule has 1 aliphatic carbocycles. The minimum Gasteiger partial charge on any atom is -0.385 e. The molecule has 0 saturated carbocycles. The fourth-order valence-electron chi connectivity index (χ4n) is 1.94. The number of hydrogen-bond acceptors (Lipinski definition) is 1. The first-order chi connectivity index (χ1) is 6.36. The van der Waals surface area contributed by atoms with Crippen molar-refractivity contribution in [3.05, 3.63) is 11.6 Å². The SMILES string of the molecule is CC(C)(C)C(C)(O)C1=CCCCCC1. The monoisotopic (exact) mass is 196 g/mol. The van der Waals surface area contributed by atoms with Crippen molar-refractivity contribution in [2.75, 3.05) is 0 Å². The van der Waals surface area contributed by atoms with Gasteiger partial charge in [0.2, 0.25) is 0 Å². The summed E-state index contributed by atoms with van der Waals surface area (Å²) in [5.41, 5.74) is 0.544. The van der Waals surface area contributed by atoms with Gasteiger partial charge in [0, 0.05) is 0 Å². The van der Waals surface area contributed by atoms with E-state index in [4.69, 9.17) is 0 Å². The van der Waals surface area contributed by atoms with Crippen LogP contribution in [0.4, 0.5) is 0 Å². The first-order valence-corrected chi connectivity index (χ1v) is 5.77. The van der Waals surface area contributed by atoms with Crippen molar-refractivity contribution in [1.82, 2.24) is 0 Å². The summed E-state index contributed by atoms with van der Waals surface area (Å²) in [5.74, 6) is 0. The van der Waals surface area contributed by atoms with E-state index in [1.165, 1.54) is 24.8 Å². The molecule has 1 nitrogen and oxygen atoms in total. The molecule has 0 aromatic carbocycles. The molecule has 1 atom stereocenters. The topological polar surface area (TPSA) is 20.2 Å². The molecule has 0 saturated heterocycles. The van der Waals surface area contributed by atoms with Gasteiger partial charge in [0.1, 0.15) is 0 Å². The number of rotatable bonds is 1. The van der Waals surface area contributed by atoms with Crippen LogP contribution >= 0.6 is 0 Å². The zero-order valence-corrected chi connectivity index (χ0v) is 10.1. The molecule has 0 aromatic rings. The fourth-order valence-corrected chi connectivity index (χ4v) is 1.94. The van der Waals surface area contributed by atoms with Crippen molar-refractivity contribution >= 4 is 0 Å². The summed E-state index contributed by atoms with van der Waals surface area (Å²) in [6.07, 6.45) is 8.30. The van der Waals surface area contributed by atoms with Gasteiger partial charge in [0.25, 0.3) is 0 Å². The lowest BCUT2D eigenvalue weighted by atomic mass is 9.72. The zero-order chi connectivity index (χ0) is 10.8. The molecule has 0 bridgehead atoms. The molecule has 0 fully saturated rings. The van der Waals surface area contributed by atoms with Gasteiger partial charge in [-0.25, -0.2) is 0 Å². The van der Waals surface area contributed by atoms with E-state index in [1.54, 1.807) is 0 Å². The minimum absolute atomic E-state index is 0.0663. The van der Waals surface area contributed by atoms with Gasteiger partial charge >= 0.3 is 0 Å². The molecule has 0 heterocycles. The van der Waals surface area contributed by atoms with E-state index in [2.05, 4.69) is 26.8 Å². The molecule has 1 aliphatic rings. The molecule has 0 radical (unpaired) electrons. The molecular weight excluding hydrogens is 172 g/mol. The third-order valence-corrected chi connectivity index (χ3v) is 3.63. The van der Waals surface area contributed by atoms with E-state index in [0.29, 0.717) is 0 Å². The van der Waals surface area contributed by atoms with Crippen molar-refractivity contribution < 1.29 is 5.11 Å². The standard InChI is InChI=1S/C13H24O/c1-12(2,3)13(4,14)11-9-7-5-6-8-10-11/h9,14H,5-8,10H2,1-4H3. The van der Waals surface area contributed by atoms with Gasteiger partial charge in [-0.3, -0.25) is 0 Å². The van der Waals surface area contributed by atoms with Gasteiger partial charge in [-0.15, -0.1) is 0 Å². The van der Waals surface area contributed by atoms with Crippen LogP contribution in [0.1, 0.15) is 59.8 Å². The molecule has 14 heavy (non-hydrogen) atoms. The predicted octanol–water partition coefficient (Wildman–Crippen LogP) is 3.67. The third-order valence-electron chi connectivity index (χ3n) is 3.63. The maximum absolute atomic E-state index is 10.5. The second kappa shape index (κ2) is 4.06. The highest BCUT2D eigenvalue weighted by Gasteiger charge is 2.38. The van der Waals surface area contributed by atoms with Gasteiger partial charge in [-0.2, -0.15) is 0 Å². The first-order valence-electron chi connectivity index (χ1n) is 5.77. The zero-order valence-electron chi connectivity index (χ0n) is 10.1. The Morgan fingerprint density at radius 3 is 2.29 bits per heavy atom. The third kappa shape index (κ3) is 2.38. The second-order valence-electron chi connectivity index (χ2n) is 5.65. The summed E-state index contributed by atoms with van der Waals surface area (Å²) >= 11 is 0. The van der Waals surface area contributed by atoms with E-state index < -0.39 is 5.60 Å². The molecule has 1 rings (SSSR count). The first kappa shape index (κ1) is 11.8. The van der Waals surface area contributed by atoms with Crippen LogP contribution in [-0.4, -0.2) is 10.7 Å². The van der Waals surface area contributed by atoms with Crippen molar-refractivity contribution in [2.24, 2.45) is 5.41 Å². The predicted molar refractivity (Wildman–Crippen MR) is 61.2 cm³/mol. The Morgan fingerprint density at radius 1 is 1.07 bits per heavy atom. The van der Waals surface area contributed by atoms with Gasteiger partial charge in [-0.05, 0) is 43.6 Å². The second-order valence-corrected chi connectivity index (χ2v) is 5.65. The van der Waals surface area contributed by atoms with E-state index in [-0.39, 0.29) is 5.41 Å². The molecular formula is C13H24O. The molecule has 1 unspecified atom stereocenters.